The number of aliphatic hydroxyl groups is 2. The van der Waals surface area contributed by atoms with Crippen LogP contribution in [0.1, 0.15) is 36.8 Å². The summed E-state index contributed by atoms with van der Waals surface area (Å²) in [5.41, 5.74) is 0. The van der Waals surface area contributed by atoms with Crippen LogP contribution in [0, 0.1) is 0 Å². The molecule has 0 saturated heterocycles. The highest BCUT2D eigenvalue weighted by molar-refractivity contribution is 5.05. The molecule has 0 fully saturated rings. The zero-order valence-corrected chi connectivity index (χ0v) is 8.76. The topological polar surface area (TPSA) is 71.2 Å². The molecule has 0 bridgehead atoms. The highest BCUT2D eigenvalue weighted by atomic mass is 16.3. The van der Waals surface area contributed by atoms with Crippen LogP contribution in [0.15, 0.2) is 0 Å². The minimum absolute atomic E-state index is 0.147. The fraction of sp³-hybridized carbons (Fsp3) is 0.800. The number of nitrogens with zero attached hydrogens (tertiary/aromatic N) is 3. The van der Waals surface area contributed by atoms with E-state index < -0.39 is 0 Å². The molecule has 1 aliphatic rings. The predicted molar refractivity (Wildman–Crippen MR) is 54.5 cm³/mol. The lowest BCUT2D eigenvalue weighted by Crippen LogP contribution is -2.20. The Kier molecular flexibility index (Phi) is 3.33. The summed E-state index contributed by atoms with van der Waals surface area (Å²) in [6.07, 6.45) is 3.56. The van der Waals surface area contributed by atoms with Gasteiger partial charge in [-0.25, -0.2) is 0 Å². The van der Waals surface area contributed by atoms with Gasteiger partial charge in [0.05, 0.1) is 6.61 Å². The van der Waals surface area contributed by atoms with Crippen LogP contribution in [0.2, 0.25) is 0 Å². The first kappa shape index (κ1) is 10.6. The summed E-state index contributed by atoms with van der Waals surface area (Å²) in [6.45, 7) is 1.28. The molecular formula is C10H17N3O2. The Morgan fingerprint density at radius 3 is 2.93 bits per heavy atom. The van der Waals surface area contributed by atoms with Gasteiger partial charge < -0.3 is 14.8 Å². The Hall–Kier alpha value is -0.940. The van der Waals surface area contributed by atoms with Gasteiger partial charge in [0.2, 0.25) is 0 Å². The van der Waals surface area contributed by atoms with Crippen LogP contribution in [0.4, 0.5) is 0 Å². The summed E-state index contributed by atoms with van der Waals surface area (Å²) >= 11 is 0. The van der Waals surface area contributed by atoms with Crippen molar-refractivity contribution >= 4 is 0 Å². The third-order valence-corrected chi connectivity index (χ3v) is 2.93. The van der Waals surface area contributed by atoms with Crippen molar-refractivity contribution in [2.45, 2.75) is 38.1 Å². The number of fused-ring (bicyclic) bond motifs is 1. The van der Waals surface area contributed by atoms with E-state index in [1.54, 1.807) is 0 Å². The number of rotatable bonds is 4. The summed E-state index contributed by atoms with van der Waals surface area (Å²) in [4.78, 5) is 0. The van der Waals surface area contributed by atoms with Gasteiger partial charge in [-0.2, -0.15) is 0 Å². The molecule has 1 atom stereocenters. The first-order valence-corrected chi connectivity index (χ1v) is 5.50. The lowest BCUT2D eigenvalue weighted by Gasteiger charge is -2.21. The molecule has 0 radical (unpaired) electrons. The Morgan fingerprint density at radius 2 is 2.20 bits per heavy atom. The molecule has 1 aliphatic heterocycles. The summed E-state index contributed by atoms with van der Waals surface area (Å²) in [6, 6.07) is 0. The Balaban J connectivity index is 2.18. The Bertz CT molecular complexity index is 324. The van der Waals surface area contributed by atoms with E-state index >= 15 is 0 Å². The smallest absolute Gasteiger partial charge is 0.138 e. The van der Waals surface area contributed by atoms with E-state index in [9.17, 15) is 5.11 Å². The molecule has 0 spiro atoms. The largest absolute Gasteiger partial charge is 0.396 e. The predicted octanol–water partition coefficient (Wildman–Crippen LogP) is 0.0727. The third kappa shape index (κ3) is 2.03. The summed E-state index contributed by atoms with van der Waals surface area (Å²) in [7, 11) is 0. The van der Waals surface area contributed by atoms with E-state index in [1.807, 2.05) is 0 Å². The quantitative estimate of drug-likeness (QED) is 0.739. The van der Waals surface area contributed by atoms with Gasteiger partial charge in [0.1, 0.15) is 11.6 Å². The maximum Gasteiger partial charge on any atom is 0.138 e. The van der Waals surface area contributed by atoms with Crippen LogP contribution >= 0.6 is 0 Å². The van der Waals surface area contributed by atoms with Crippen LogP contribution in [-0.4, -0.2) is 38.2 Å². The molecule has 2 N–H and O–H groups in total. The molecule has 0 saturated carbocycles. The average Bonchev–Trinajstić information content (AvgIpc) is 2.69. The standard InChI is InChI=1S/C10H17N3O2/c14-6-2-4-9-11-12-10-8(7-15)3-1-5-13(9)10/h8,14-15H,1-7H2. The summed E-state index contributed by atoms with van der Waals surface area (Å²) in [5.74, 6) is 2.00. The van der Waals surface area contributed by atoms with Crippen LogP contribution in [-0.2, 0) is 13.0 Å². The van der Waals surface area contributed by atoms with Crippen LogP contribution in [0.5, 0.6) is 0 Å². The third-order valence-electron chi connectivity index (χ3n) is 2.93. The molecule has 15 heavy (non-hydrogen) atoms. The van der Waals surface area contributed by atoms with Crippen molar-refractivity contribution in [3.05, 3.63) is 11.6 Å². The highest BCUT2D eigenvalue weighted by Crippen LogP contribution is 2.26. The number of hydrogen-bond donors (Lipinski definition) is 2. The monoisotopic (exact) mass is 211 g/mol. The molecule has 5 nitrogen and oxygen atoms in total. The van der Waals surface area contributed by atoms with Gasteiger partial charge in [0.15, 0.2) is 0 Å². The number of aryl methyl sites for hydroxylation is 1. The molecule has 5 heteroatoms. The van der Waals surface area contributed by atoms with Crippen molar-refractivity contribution in [1.82, 2.24) is 14.8 Å². The second-order valence-electron chi connectivity index (χ2n) is 3.97. The van der Waals surface area contributed by atoms with E-state index in [-0.39, 0.29) is 19.1 Å². The van der Waals surface area contributed by atoms with Crippen LogP contribution in [0.25, 0.3) is 0 Å². The molecule has 0 aromatic carbocycles. The SMILES string of the molecule is OCCCc1nnc2n1CCCC2CO. The molecule has 0 aliphatic carbocycles. The first-order valence-electron chi connectivity index (χ1n) is 5.50. The van der Waals surface area contributed by atoms with Crippen molar-refractivity contribution in [3.8, 4) is 0 Å². The molecule has 1 unspecified atom stereocenters. The molecular weight excluding hydrogens is 194 g/mol. The Morgan fingerprint density at radius 1 is 1.33 bits per heavy atom. The minimum atomic E-state index is 0.147. The van der Waals surface area contributed by atoms with Crippen molar-refractivity contribution in [2.75, 3.05) is 13.2 Å². The Labute approximate surface area is 88.8 Å². The minimum Gasteiger partial charge on any atom is -0.396 e. The van der Waals surface area contributed by atoms with E-state index in [1.165, 1.54) is 0 Å². The second kappa shape index (κ2) is 4.72. The maximum absolute atomic E-state index is 9.20. The number of hydrogen-bond acceptors (Lipinski definition) is 4. The normalized spacial score (nSPS) is 20.3. The van der Waals surface area contributed by atoms with Crippen molar-refractivity contribution in [3.63, 3.8) is 0 Å². The van der Waals surface area contributed by atoms with Crippen LogP contribution < -0.4 is 0 Å². The van der Waals surface area contributed by atoms with Gasteiger partial charge in [-0.1, -0.05) is 0 Å². The van der Waals surface area contributed by atoms with Gasteiger partial charge in [0, 0.05) is 25.5 Å². The van der Waals surface area contributed by atoms with Gasteiger partial charge in [0.25, 0.3) is 0 Å². The van der Waals surface area contributed by atoms with Crippen LogP contribution in [0.3, 0.4) is 0 Å². The molecule has 0 amide bonds. The molecule has 2 heterocycles. The lowest BCUT2D eigenvalue weighted by molar-refractivity contribution is 0.236. The van der Waals surface area contributed by atoms with Gasteiger partial charge in [-0.15, -0.1) is 10.2 Å². The number of aliphatic hydroxyl groups excluding tert-OH is 2. The average molecular weight is 211 g/mol. The first-order chi connectivity index (χ1) is 7.36. The second-order valence-corrected chi connectivity index (χ2v) is 3.97. The van der Waals surface area contributed by atoms with E-state index in [0.29, 0.717) is 0 Å². The summed E-state index contributed by atoms with van der Waals surface area (Å²) < 4.78 is 2.10. The van der Waals surface area contributed by atoms with E-state index in [0.717, 1.165) is 43.9 Å². The molecule has 1 aromatic rings. The van der Waals surface area contributed by atoms with Gasteiger partial charge in [-0.05, 0) is 19.3 Å². The van der Waals surface area contributed by atoms with Crippen molar-refractivity contribution < 1.29 is 10.2 Å². The fourth-order valence-electron chi connectivity index (χ4n) is 2.11. The summed E-state index contributed by atoms with van der Waals surface area (Å²) in [5, 5.41) is 26.2. The molecule has 1 aromatic heterocycles. The van der Waals surface area contributed by atoms with Gasteiger partial charge >= 0.3 is 0 Å². The highest BCUT2D eigenvalue weighted by Gasteiger charge is 2.24. The fourth-order valence-corrected chi connectivity index (χ4v) is 2.11. The van der Waals surface area contributed by atoms with Crippen molar-refractivity contribution in [1.29, 1.82) is 0 Å². The maximum atomic E-state index is 9.20. The van der Waals surface area contributed by atoms with Crippen molar-refractivity contribution in [2.24, 2.45) is 0 Å². The van der Waals surface area contributed by atoms with E-state index in [4.69, 9.17) is 5.11 Å². The molecule has 84 valence electrons. The molecule has 2 rings (SSSR count). The van der Waals surface area contributed by atoms with E-state index in [2.05, 4.69) is 14.8 Å². The lowest BCUT2D eigenvalue weighted by atomic mass is 10.00. The zero-order chi connectivity index (χ0) is 10.7. The van der Waals surface area contributed by atoms with Gasteiger partial charge in [-0.3, -0.25) is 0 Å². The number of aromatic nitrogens is 3. The zero-order valence-electron chi connectivity index (χ0n) is 8.76.